The minimum atomic E-state index is -0.514. The summed E-state index contributed by atoms with van der Waals surface area (Å²) in [5, 5.41) is 5.59. The molecule has 47 heavy (non-hydrogen) atoms. The standard InChI is InChI=1S/C46H28O/c1-2-13-30(14-3-1)40-28-42-41-27-31(25-26-43(41)47-46(42)39-23-11-6-18-33(39)40)44-35-19-7-9-21-37(35)45(38-22-10-8-20-36(38)44)34-24-12-16-29-15-4-5-17-32(29)34/h1-28H/i1D,2D,3D,4D,5D,12D,13D,14D,15D,16D,17D,24D. The van der Waals surface area contributed by atoms with Crippen LogP contribution in [0.1, 0.15) is 16.4 Å². The smallest absolute Gasteiger partial charge is 0.143 e. The van der Waals surface area contributed by atoms with Crippen LogP contribution >= 0.6 is 0 Å². The lowest BCUT2D eigenvalue weighted by molar-refractivity contribution is 0.673. The van der Waals surface area contributed by atoms with Crippen molar-refractivity contribution in [2.75, 3.05) is 0 Å². The second-order valence-corrected chi connectivity index (χ2v) is 11.5. The highest BCUT2D eigenvalue weighted by molar-refractivity contribution is 6.25. The lowest BCUT2D eigenvalue weighted by atomic mass is 9.84. The Hall–Kier alpha value is -6.18. The Balaban J connectivity index is 1.31. The van der Waals surface area contributed by atoms with Crippen LogP contribution in [0, 0.1) is 0 Å². The summed E-state index contributed by atoms with van der Waals surface area (Å²) in [5.41, 5.74) is 4.02. The van der Waals surface area contributed by atoms with Crippen LogP contribution in [-0.4, -0.2) is 0 Å². The average Bonchev–Trinajstić information content (AvgIpc) is 3.62. The summed E-state index contributed by atoms with van der Waals surface area (Å²) < 4.78 is 111. The van der Waals surface area contributed by atoms with Gasteiger partial charge in [0.2, 0.25) is 0 Å². The van der Waals surface area contributed by atoms with Crippen molar-refractivity contribution in [1.29, 1.82) is 0 Å². The largest absolute Gasteiger partial charge is 0.455 e. The molecule has 0 bridgehead atoms. The quantitative estimate of drug-likeness (QED) is 0.182. The second-order valence-electron chi connectivity index (χ2n) is 11.5. The van der Waals surface area contributed by atoms with E-state index in [1.807, 2.05) is 97.1 Å². The third-order valence-corrected chi connectivity index (χ3v) is 9.03. The van der Waals surface area contributed by atoms with Gasteiger partial charge in [0.1, 0.15) is 11.2 Å². The minimum Gasteiger partial charge on any atom is -0.455 e. The molecular weight excluding hydrogens is 569 g/mol. The highest BCUT2D eigenvalue weighted by Crippen LogP contribution is 2.47. The summed E-state index contributed by atoms with van der Waals surface area (Å²) in [6, 6.07) is 25.3. The molecule has 1 heterocycles. The van der Waals surface area contributed by atoms with Crippen LogP contribution < -0.4 is 0 Å². The van der Waals surface area contributed by atoms with Crippen LogP contribution in [0.4, 0.5) is 0 Å². The fourth-order valence-electron chi connectivity index (χ4n) is 7.05. The number of hydrogen-bond acceptors (Lipinski definition) is 1. The first-order valence-electron chi connectivity index (χ1n) is 21.2. The molecule has 0 radical (unpaired) electrons. The number of fused-ring (bicyclic) bond motifs is 8. The van der Waals surface area contributed by atoms with Crippen molar-refractivity contribution in [3.8, 4) is 33.4 Å². The molecule has 0 N–H and O–H groups in total. The van der Waals surface area contributed by atoms with E-state index in [0.29, 0.717) is 49.2 Å². The lowest BCUT2D eigenvalue weighted by Crippen LogP contribution is -1.91. The fourth-order valence-corrected chi connectivity index (χ4v) is 7.05. The van der Waals surface area contributed by atoms with Crippen LogP contribution in [0.3, 0.4) is 0 Å². The maximum absolute atomic E-state index is 9.24. The van der Waals surface area contributed by atoms with Gasteiger partial charge in [-0.1, -0.05) is 151 Å². The molecule has 1 aromatic heterocycles. The summed E-state index contributed by atoms with van der Waals surface area (Å²) in [6.45, 7) is 0. The second kappa shape index (κ2) is 10.2. The molecule has 0 saturated carbocycles. The van der Waals surface area contributed by atoms with Gasteiger partial charge in [-0.05, 0) is 89.3 Å². The fraction of sp³-hybridized carbons (Fsp3) is 0. The Morgan fingerprint density at radius 2 is 1.00 bits per heavy atom. The van der Waals surface area contributed by atoms with E-state index in [0.717, 1.165) is 27.3 Å². The lowest BCUT2D eigenvalue weighted by Gasteiger charge is -2.18. The van der Waals surface area contributed by atoms with Gasteiger partial charge in [-0.25, -0.2) is 0 Å². The van der Waals surface area contributed by atoms with Crippen LogP contribution in [0.25, 0.3) is 98.4 Å². The molecule has 10 rings (SSSR count). The molecule has 0 atom stereocenters. The van der Waals surface area contributed by atoms with Crippen molar-refractivity contribution in [1.82, 2.24) is 0 Å². The summed E-state index contributed by atoms with van der Waals surface area (Å²) in [4.78, 5) is 0. The zero-order valence-corrected chi connectivity index (χ0v) is 24.6. The highest BCUT2D eigenvalue weighted by atomic mass is 16.3. The topological polar surface area (TPSA) is 13.1 Å². The van der Waals surface area contributed by atoms with Crippen molar-refractivity contribution in [2.24, 2.45) is 0 Å². The summed E-state index contributed by atoms with van der Waals surface area (Å²) in [7, 11) is 0. The molecule has 0 aliphatic rings. The molecule has 0 fully saturated rings. The average molecular weight is 609 g/mol. The van der Waals surface area contributed by atoms with Gasteiger partial charge in [-0.2, -0.15) is 0 Å². The zero-order valence-electron chi connectivity index (χ0n) is 36.6. The molecule has 9 aromatic carbocycles. The number of rotatable bonds is 3. The van der Waals surface area contributed by atoms with Crippen LogP contribution in [0.15, 0.2) is 174 Å². The molecule has 1 nitrogen and oxygen atoms in total. The summed E-state index contributed by atoms with van der Waals surface area (Å²) in [5.74, 6) is 0. The van der Waals surface area contributed by atoms with Gasteiger partial charge in [0.25, 0.3) is 0 Å². The van der Waals surface area contributed by atoms with E-state index < -0.39 is 48.3 Å². The zero-order chi connectivity index (χ0) is 41.3. The first kappa shape index (κ1) is 16.9. The monoisotopic (exact) mass is 608 g/mol. The van der Waals surface area contributed by atoms with Crippen LogP contribution in [0.5, 0.6) is 0 Å². The molecular formula is C46H28O. The van der Waals surface area contributed by atoms with Crippen molar-refractivity contribution >= 4 is 65.0 Å². The Labute approximate surface area is 288 Å². The van der Waals surface area contributed by atoms with Crippen molar-refractivity contribution in [2.45, 2.75) is 0 Å². The first-order chi connectivity index (χ1) is 28.3. The van der Waals surface area contributed by atoms with E-state index in [4.69, 9.17) is 19.5 Å². The van der Waals surface area contributed by atoms with E-state index in [2.05, 4.69) is 0 Å². The Bertz CT molecular complexity index is 3440. The Kier molecular flexibility index (Phi) is 3.66. The van der Waals surface area contributed by atoms with Gasteiger partial charge in [0.15, 0.2) is 0 Å². The van der Waals surface area contributed by atoms with Gasteiger partial charge in [-0.3, -0.25) is 0 Å². The van der Waals surface area contributed by atoms with Crippen LogP contribution in [0.2, 0.25) is 0 Å². The Morgan fingerprint density at radius 3 is 1.74 bits per heavy atom. The van der Waals surface area contributed by atoms with Gasteiger partial charge in [0, 0.05) is 16.2 Å². The van der Waals surface area contributed by atoms with E-state index in [-0.39, 0.29) is 46.1 Å². The maximum Gasteiger partial charge on any atom is 0.143 e. The number of furan rings is 1. The predicted octanol–water partition coefficient (Wildman–Crippen LogP) is 13.2. The first-order valence-corrected chi connectivity index (χ1v) is 15.2. The minimum absolute atomic E-state index is 0.0125. The maximum atomic E-state index is 9.24. The molecule has 0 saturated heterocycles. The van der Waals surface area contributed by atoms with E-state index in [1.54, 1.807) is 0 Å². The highest BCUT2D eigenvalue weighted by Gasteiger charge is 2.20. The van der Waals surface area contributed by atoms with Crippen molar-refractivity contribution in [3.63, 3.8) is 0 Å². The third kappa shape index (κ3) is 3.90. The Morgan fingerprint density at radius 1 is 0.383 bits per heavy atom. The SMILES string of the molecule is [2H]c1c([2H])c([2H])c(-c2cc3c4cc(-c5c6ccccc6c(-c6c([2H])c([2H])c([2H])c7c([2H])c([2H])c([2H])c([2H])c67)c6ccccc56)ccc4oc3c3ccccc23)c([2H])c1[2H]. The van der Waals surface area contributed by atoms with Gasteiger partial charge < -0.3 is 4.42 Å². The third-order valence-electron chi connectivity index (χ3n) is 9.03. The molecule has 0 amide bonds. The molecule has 0 aliphatic heterocycles. The molecule has 218 valence electrons. The normalized spacial score (nSPS) is 15.4. The number of hydrogen-bond donors (Lipinski definition) is 0. The van der Waals surface area contributed by atoms with Crippen LogP contribution in [-0.2, 0) is 0 Å². The van der Waals surface area contributed by atoms with Gasteiger partial charge in [0.05, 0.1) is 16.4 Å². The molecule has 1 heteroatoms. The molecule has 0 unspecified atom stereocenters. The molecule has 0 aliphatic carbocycles. The van der Waals surface area contributed by atoms with Crippen molar-refractivity contribution < 1.29 is 20.9 Å². The summed E-state index contributed by atoms with van der Waals surface area (Å²) >= 11 is 0. The van der Waals surface area contributed by atoms with E-state index in [9.17, 15) is 1.37 Å². The molecule has 0 spiro atoms. The molecule has 10 aromatic rings. The van der Waals surface area contributed by atoms with Gasteiger partial charge in [-0.15, -0.1) is 0 Å². The number of benzene rings is 9. The predicted molar refractivity (Wildman–Crippen MR) is 200 cm³/mol. The van der Waals surface area contributed by atoms with Gasteiger partial charge >= 0.3 is 0 Å². The van der Waals surface area contributed by atoms with E-state index >= 15 is 0 Å². The van der Waals surface area contributed by atoms with E-state index in [1.165, 1.54) is 0 Å². The van der Waals surface area contributed by atoms with Crippen molar-refractivity contribution in [3.05, 3.63) is 170 Å². The summed E-state index contributed by atoms with van der Waals surface area (Å²) in [6.07, 6.45) is 0.